The van der Waals surface area contributed by atoms with E-state index in [1.807, 2.05) is 0 Å². The van der Waals surface area contributed by atoms with E-state index >= 15 is 0 Å². The van der Waals surface area contributed by atoms with Crippen LogP contribution >= 0.6 is 0 Å². The molecule has 1 aromatic carbocycles. The van der Waals surface area contributed by atoms with Gasteiger partial charge in [-0.1, -0.05) is 0 Å². The fourth-order valence-corrected chi connectivity index (χ4v) is 2.65. The van der Waals surface area contributed by atoms with Crippen LogP contribution in [0.3, 0.4) is 0 Å². The lowest BCUT2D eigenvalue weighted by Gasteiger charge is -2.20. The number of carbonyl (C=O) groups excluding carboxylic acids is 1. The topological polar surface area (TPSA) is 53.6 Å². The highest BCUT2D eigenvalue weighted by Gasteiger charge is 2.26. The smallest absolute Gasteiger partial charge is 0.412 e. The van der Waals surface area contributed by atoms with Crippen LogP contribution < -0.4 is 10.6 Å². The van der Waals surface area contributed by atoms with E-state index in [1.54, 1.807) is 26.8 Å². The predicted octanol–water partition coefficient (Wildman–Crippen LogP) is 3.68. The number of halogens is 1. The second-order valence-corrected chi connectivity index (χ2v) is 7.19. The average Bonchev–Trinajstić information content (AvgIpc) is 2.70. The molecular formula is C17H26FN3O2. The van der Waals surface area contributed by atoms with Gasteiger partial charge >= 0.3 is 6.09 Å². The third-order valence-corrected chi connectivity index (χ3v) is 3.86. The van der Waals surface area contributed by atoms with Gasteiger partial charge in [0.1, 0.15) is 11.4 Å². The molecule has 1 heterocycles. The van der Waals surface area contributed by atoms with Gasteiger partial charge in [-0.15, -0.1) is 0 Å². The highest BCUT2D eigenvalue weighted by Crippen LogP contribution is 2.24. The number of nitrogens with zero attached hydrogens (tertiary/aromatic N) is 1. The molecule has 6 heteroatoms. The van der Waals surface area contributed by atoms with Crippen molar-refractivity contribution >= 4 is 17.5 Å². The maximum absolute atomic E-state index is 14.0. The summed E-state index contributed by atoms with van der Waals surface area (Å²) < 4.78 is 19.2. The summed E-state index contributed by atoms with van der Waals surface area (Å²) in [4.78, 5) is 14.0. The van der Waals surface area contributed by atoms with E-state index in [2.05, 4.69) is 29.5 Å². The highest BCUT2D eigenvalue weighted by atomic mass is 19.1. The van der Waals surface area contributed by atoms with Gasteiger partial charge in [0.15, 0.2) is 0 Å². The normalized spacial score (nSPS) is 22.0. The molecule has 2 rings (SSSR count). The molecule has 0 aromatic heterocycles. The second kappa shape index (κ2) is 6.74. The van der Waals surface area contributed by atoms with Crippen LogP contribution in [-0.2, 0) is 4.74 Å². The van der Waals surface area contributed by atoms with Crippen molar-refractivity contribution in [2.45, 2.75) is 51.8 Å². The van der Waals surface area contributed by atoms with Crippen molar-refractivity contribution in [2.24, 2.45) is 0 Å². The minimum atomic E-state index is -0.574. The Labute approximate surface area is 137 Å². The number of hydrogen-bond acceptors (Lipinski definition) is 4. The number of benzene rings is 1. The number of rotatable bonds is 3. The third-order valence-electron chi connectivity index (χ3n) is 3.86. The van der Waals surface area contributed by atoms with Crippen LogP contribution in [0.15, 0.2) is 18.2 Å². The quantitative estimate of drug-likeness (QED) is 0.891. The van der Waals surface area contributed by atoms with Crippen LogP contribution in [0.1, 0.15) is 34.1 Å². The van der Waals surface area contributed by atoms with Crippen molar-refractivity contribution in [3.05, 3.63) is 24.0 Å². The third kappa shape index (κ3) is 5.10. The van der Waals surface area contributed by atoms with Crippen molar-refractivity contribution in [1.82, 2.24) is 4.90 Å². The standard InChI is InChI=1S/C17H26FN3O2/c1-11-8-13(10-21(11)5)19-15-9-12(6-7-14(15)18)20-16(22)23-17(2,3)4/h6-7,9,11,13,19H,8,10H2,1-5H3,(H,20,22). The first-order chi connectivity index (χ1) is 10.6. The minimum absolute atomic E-state index is 0.196. The number of likely N-dealkylation sites (N-methyl/N-ethyl adjacent to an activating group) is 1. The van der Waals surface area contributed by atoms with Gasteiger partial charge in [-0.05, 0) is 59.4 Å². The Hall–Kier alpha value is -1.82. The van der Waals surface area contributed by atoms with Gasteiger partial charge in [0.25, 0.3) is 0 Å². The first kappa shape index (κ1) is 17.5. The molecule has 2 unspecified atom stereocenters. The molecule has 0 bridgehead atoms. The van der Waals surface area contributed by atoms with Gasteiger partial charge in [-0.2, -0.15) is 0 Å². The fraction of sp³-hybridized carbons (Fsp3) is 0.588. The molecule has 1 aromatic rings. The van der Waals surface area contributed by atoms with E-state index in [4.69, 9.17) is 4.74 Å². The highest BCUT2D eigenvalue weighted by molar-refractivity contribution is 5.85. The van der Waals surface area contributed by atoms with E-state index < -0.39 is 11.7 Å². The predicted molar refractivity (Wildman–Crippen MR) is 90.4 cm³/mol. The molecule has 0 saturated carbocycles. The molecule has 0 spiro atoms. The van der Waals surface area contributed by atoms with E-state index in [0.717, 1.165) is 13.0 Å². The van der Waals surface area contributed by atoms with Crippen LogP contribution in [-0.4, -0.2) is 42.3 Å². The van der Waals surface area contributed by atoms with Crippen molar-refractivity contribution in [3.63, 3.8) is 0 Å². The molecule has 1 aliphatic rings. The van der Waals surface area contributed by atoms with Crippen molar-refractivity contribution in [1.29, 1.82) is 0 Å². The number of nitrogens with one attached hydrogen (secondary N) is 2. The first-order valence-corrected chi connectivity index (χ1v) is 7.90. The molecule has 1 amide bonds. The Kier molecular flexibility index (Phi) is 5.14. The number of anilines is 2. The summed E-state index contributed by atoms with van der Waals surface area (Å²) in [5, 5.41) is 5.85. The van der Waals surface area contributed by atoms with Gasteiger partial charge in [-0.3, -0.25) is 5.32 Å². The molecule has 2 N–H and O–H groups in total. The largest absolute Gasteiger partial charge is 0.444 e. The Balaban J connectivity index is 2.03. The fourth-order valence-electron chi connectivity index (χ4n) is 2.65. The summed E-state index contributed by atoms with van der Waals surface area (Å²) in [7, 11) is 2.06. The summed E-state index contributed by atoms with van der Waals surface area (Å²) >= 11 is 0. The van der Waals surface area contributed by atoms with Gasteiger partial charge in [0.05, 0.1) is 5.69 Å². The number of hydrogen-bond donors (Lipinski definition) is 2. The molecule has 23 heavy (non-hydrogen) atoms. The van der Waals surface area contributed by atoms with Gasteiger partial charge in [0, 0.05) is 24.3 Å². The van der Waals surface area contributed by atoms with E-state index in [1.165, 1.54) is 12.1 Å². The number of likely N-dealkylation sites (tertiary alicyclic amines) is 1. The lowest BCUT2D eigenvalue weighted by molar-refractivity contribution is 0.0636. The van der Waals surface area contributed by atoms with Crippen molar-refractivity contribution in [2.75, 3.05) is 24.2 Å². The summed E-state index contributed by atoms with van der Waals surface area (Å²) in [5.41, 5.74) is 0.323. The summed E-state index contributed by atoms with van der Waals surface area (Å²) in [6.07, 6.45) is 0.406. The van der Waals surface area contributed by atoms with Crippen LogP contribution in [0, 0.1) is 5.82 Å². The molecule has 128 valence electrons. The zero-order valence-corrected chi connectivity index (χ0v) is 14.4. The Morgan fingerprint density at radius 2 is 2.09 bits per heavy atom. The monoisotopic (exact) mass is 323 g/mol. The van der Waals surface area contributed by atoms with Crippen LogP contribution in [0.2, 0.25) is 0 Å². The Bertz CT molecular complexity index is 561. The molecule has 5 nitrogen and oxygen atoms in total. The first-order valence-electron chi connectivity index (χ1n) is 7.90. The van der Waals surface area contributed by atoms with Crippen LogP contribution in [0.4, 0.5) is 20.6 Å². The van der Waals surface area contributed by atoms with E-state index in [-0.39, 0.29) is 11.9 Å². The number of carbonyl (C=O) groups is 1. The van der Waals surface area contributed by atoms with Crippen molar-refractivity contribution < 1.29 is 13.9 Å². The lowest BCUT2D eigenvalue weighted by Crippen LogP contribution is -2.27. The Morgan fingerprint density at radius 1 is 1.39 bits per heavy atom. The molecular weight excluding hydrogens is 297 g/mol. The number of amides is 1. The van der Waals surface area contributed by atoms with Gasteiger partial charge in [-0.25, -0.2) is 9.18 Å². The van der Waals surface area contributed by atoms with E-state index in [9.17, 15) is 9.18 Å². The van der Waals surface area contributed by atoms with Crippen LogP contribution in [0.5, 0.6) is 0 Å². The van der Waals surface area contributed by atoms with E-state index in [0.29, 0.717) is 17.4 Å². The maximum atomic E-state index is 14.0. The maximum Gasteiger partial charge on any atom is 0.412 e. The SMILES string of the molecule is CC1CC(Nc2cc(NC(=O)OC(C)(C)C)ccc2F)CN1C. The van der Waals surface area contributed by atoms with Gasteiger partial charge < -0.3 is 15.0 Å². The van der Waals surface area contributed by atoms with Crippen molar-refractivity contribution in [3.8, 4) is 0 Å². The summed E-state index contributed by atoms with van der Waals surface area (Å²) in [6.45, 7) is 8.40. The molecule has 0 aliphatic carbocycles. The summed E-state index contributed by atoms with van der Waals surface area (Å²) in [5.74, 6) is -0.332. The molecule has 1 fully saturated rings. The minimum Gasteiger partial charge on any atom is -0.444 e. The zero-order valence-electron chi connectivity index (χ0n) is 14.4. The zero-order chi connectivity index (χ0) is 17.2. The van der Waals surface area contributed by atoms with Gasteiger partial charge in [0.2, 0.25) is 0 Å². The van der Waals surface area contributed by atoms with Crippen LogP contribution in [0.25, 0.3) is 0 Å². The Morgan fingerprint density at radius 3 is 2.65 bits per heavy atom. The molecule has 0 radical (unpaired) electrons. The average molecular weight is 323 g/mol. The second-order valence-electron chi connectivity index (χ2n) is 7.19. The summed E-state index contributed by atoms with van der Waals surface area (Å²) in [6, 6.07) is 5.13. The number of ether oxygens (including phenoxy) is 1. The lowest BCUT2D eigenvalue weighted by atomic mass is 10.1. The molecule has 1 aliphatic heterocycles. The molecule has 2 atom stereocenters. The molecule has 1 saturated heterocycles.